The van der Waals surface area contributed by atoms with Gasteiger partial charge in [-0.25, -0.2) is 0 Å². The predicted molar refractivity (Wildman–Crippen MR) is 57.9 cm³/mol. The summed E-state index contributed by atoms with van der Waals surface area (Å²) in [6.07, 6.45) is 0.640. The van der Waals surface area contributed by atoms with Gasteiger partial charge in [0.15, 0.2) is 6.04 Å². The van der Waals surface area contributed by atoms with Gasteiger partial charge in [-0.1, -0.05) is 23.7 Å². The van der Waals surface area contributed by atoms with E-state index in [0.29, 0.717) is 18.0 Å². The van der Waals surface area contributed by atoms with Crippen LogP contribution in [0.1, 0.15) is 5.56 Å². The van der Waals surface area contributed by atoms with Gasteiger partial charge in [0.25, 0.3) is 0 Å². The van der Waals surface area contributed by atoms with Gasteiger partial charge >= 0.3 is 0 Å². The normalized spacial score (nSPS) is 19.1. The Labute approximate surface area is 98.0 Å². The number of rotatable bonds is 3. The minimum Gasteiger partial charge on any atom is -0.545 e. The SMILES string of the molecule is O=C([O-])C1C[NH+]=C(Cc2ccc(Cl)cc2)N1. The highest BCUT2D eigenvalue weighted by Crippen LogP contribution is 2.09. The number of carbonyl (C=O) groups is 1. The molecule has 0 fully saturated rings. The maximum atomic E-state index is 10.6. The van der Waals surface area contributed by atoms with Crippen LogP contribution in [0.4, 0.5) is 0 Å². The van der Waals surface area contributed by atoms with Crippen LogP contribution in [-0.2, 0) is 11.2 Å². The molecular weight excluding hydrogens is 228 g/mol. The molecule has 1 aliphatic rings. The smallest absolute Gasteiger partial charge is 0.247 e. The Bertz CT molecular complexity index is 428. The Hall–Kier alpha value is -1.55. The van der Waals surface area contributed by atoms with Gasteiger partial charge in [-0.3, -0.25) is 10.3 Å². The van der Waals surface area contributed by atoms with E-state index in [0.717, 1.165) is 11.4 Å². The van der Waals surface area contributed by atoms with Gasteiger partial charge in [0, 0.05) is 5.02 Å². The minimum atomic E-state index is -1.08. The Kier molecular flexibility index (Phi) is 3.10. The second-order valence-corrected chi connectivity index (χ2v) is 4.12. The summed E-state index contributed by atoms with van der Waals surface area (Å²) in [5, 5.41) is 14.2. The number of carboxylic acid groups (broad SMARTS) is 1. The van der Waals surface area contributed by atoms with Crippen LogP contribution in [0.2, 0.25) is 5.02 Å². The molecular formula is C11H11ClN2O2. The number of hydrogen-bond acceptors (Lipinski definition) is 3. The summed E-state index contributed by atoms with van der Waals surface area (Å²) >= 11 is 5.77. The largest absolute Gasteiger partial charge is 0.545 e. The number of halogens is 1. The van der Waals surface area contributed by atoms with Crippen LogP contribution in [0.5, 0.6) is 0 Å². The summed E-state index contributed by atoms with van der Waals surface area (Å²) in [4.78, 5) is 13.6. The van der Waals surface area contributed by atoms with Crippen molar-refractivity contribution in [2.24, 2.45) is 0 Å². The van der Waals surface area contributed by atoms with E-state index in [1.165, 1.54) is 0 Å². The van der Waals surface area contributed by atoms with E-state index in [-0.39, 0.29) is 0 Å². The second-order valence-electron chi connectivity index (χ2n) is 3.68. The molecule has 1 aromatic carbocycles. The molecule has 0 radical (unpaired) electrons. The number of amidine groups is 1. The predicted octanol–water partition coefficient (Wildman–Crippen LogP) is -1.92. The van der Waals surface area contributed by atoms with Gasteiger partial charge < -0.3 is 9.90 Å². The number of benzene rings is 1. The molecule has 4 nitrogen and oxygen atoms in total. The molecule has 1 aliphatic heterocycles. The topological polar surface area (TPSA) is 66.1 Å². The van der Waals surface area contributed by atoms with E-state index in [1.807, 2.05) is 24.3 Å². The van der Waals surface area contributed by atoms with Crippen LogP contribution < -0.4 is 15.4 Å². The van der Waals surface area contributed by atoms with Crippen molar-refractivity contribution in [2.45, 2.75) is 12.5 Å². The fourth-order valence-electron chi connectivity index (χ4n) is 1.60. The van der Waals surface area contributed by atoms with Crippen molar-refractivity contribution < 1.29 is 14.9 Å². The van der Waals surface area contributed by atoms with Gasteiger partial charge in [0.2, 0.25) is 5.84 Å². The fraction of sp³-hybridized carbons (Fsp3) is 0.273. The first-order chi connectivity index (χ1) is 7.65. The zero-order valence-electron chi connectivity index (χ0n) is 8.50. The van der Waals surface area contributed by atoms with Crippen LogP contribution in [0, 0.1) is 0 Å². The van der Waals surface area contributed by atoms with E-state index in [4.69, 9.17) is 11.6 Å². The van der Waals surface area contributed by atoms with Crippen LogP contribution >= 0.6 is 11.6 Å². The number of carbonyl (C=O) groups excluding carboxylic acids is 1. The first kappa shape index (κ1) is 11.0. The molecule has 0 aliphatic carbocycles. The van der Waals surface area contributed by atoms with Crippen LogP contribution in [0.25, 0.3) is 0 Å². The maximum absolute atomic E-state index is 10.6. The van der Waals surface area contributed by atoms with Crippen LogP contribution in [0.3, 0.4) is 0 Å². The first-order valence-corrected chi connectivity index (χ1v) is 5.34. The van der Waals surface area contributed by atoms with Crippen LogP contribution in [0.15, 0.2) is 24.3 Å². The van der Waals surface area contributed by atoms with Crippen molar-refractivity contribution in [3.05, 3.63) is 34.9 Å². The van der Waals surface area contributed by atoms with Gasteiger partial charge in [0.1, 0.15) is 6.54 Å². The highest BCUT2D eigenvalue weighted by molar-refractivity contribution is 6.30. The lowest BCUT2D eigenvalue weighted by Gasteiger charge is -2.05. The van der Waals surface area contributed by atoms with Crippen molar-refractivity contribution in [2.75, 3.05) is 6.54 Å². The molecule has 0 saturated heterocycles. The summed E-state index contributed by atoms with van der Waals surface area (Å²) in [6, 6.07) is 6.80. The number of carboxylic acids is 1. The Morgan fingerprint density at radius 1 is 1.50 bits per heavy atom. The number of hydrogen-bond donors (Lipinski definition) is 2. The van der Waals surface area contributed by atoms with Gasteiger partial charge in [-0.2, -0.15) is 0 Å². The molecule has 5 heteroatoms. The molecule has 16 heavy (non-hydrogen) atoms. The lowest BCUT2D eigenvalue weighted by atomic mass is 10.1. The number of nitrogens with one attached hydrogen (secondary N) is 2. The average Bonchev–Trinajstić information content (AvgIpc) is 2.70. The average molecular weight is 239 g/mol. The third-order valence-electron chi connectivity index (χ3n) is 2.45. The molecule has 0 amide bonds. The Balaban J connectivity index is 1.97. The lowest BCUT2D eigenvalue weighted by Crippen LogP contribution is -2.72. The zero-order chi connectivity index (χ0) is 11.5. The van der Waals surface area contributed by atoms with Crippen molar-refractivity contribution in [1.82, 2.24) is 5.32 Å². The van der Waals surface area contributed by atoms with Crippen molar-refractivity contribution in [3.63, 3.8) is 0 Å². The molecule has 1 heterocycles. The maximum Gasteiger partial charge on any atom is 0.247 e. The monoisotopic (exact) mass is 238 g/mol. The fourth-order valence-corrected chi connectivity index (χ4v) is 1.73. The third kappa shape index (κ3) is 2.52. The van der Waals surface area contributed by atoms with Gasteiger partial charge in [0.05, 0.1) is 12.4 Å². The minimum absolute atomic E-state index is 0.366. The van der Waals surface area contributed by atoms with Crippen LogP contribution in [-0.4, -0.2) is 24.4 Å². The van der Waals surface area contributed by atoms with Crippen molar-refractivity contribution in [3.8, 4) is 0 Å². The van der Waals surface area contributed by atoms with Crippen molar-refractivity contribution >= 4 is 23.4 Å². The third-order valence-corrected chi connectivity index (χ3v) is 2.70. The molecule has 0 aromatic heterocycles. The molecule has 1 unspecified atom stereocenters. The zero-order valence-corrected chi connectivity index (χ0v) is 9.25. The molecule has 0 bridgehead atoms. The van der Waals surface area contributed by atoms with E-state index in [9.17, 15) is 9.90 Å². The summed E-state index contributed by atoms with van der Waals surface area (Å²) in [5.74, 6) is -0.282. The van der Waals surface area contributed by atoms with E-state index in [2.05, 4.69) is 10.3 Å². The number of aliphatic carboxylic acids is 1. The standard InChI is InChI=1S/C11H11ClN2O2/c12-8-3-1-7(2-4-8)5-10-13-6-9(14-10)11(15)16/h1-4,9H,5-6H2,(H,13,14)(H,15,16). The van der Waals surface area contributed by atoms with Gasteiger partial charge in [-0.05, 0) is 17.7 Å². The summed E-state index contributed by atoms with van der Waals surface area (Å²) in [7, 11) is 0. The molecule has 1 aromatic rings. The Morgan fingerprint density at radius 2 is 2.19 bits per heavy atom. The first-order valence-electron chi connectivity index (χ1n) is 4.96. The molecule has 2 N–H and O–H groups in total. The summed E-state index contributed by atoms with van der Waals surface area (Å²) in [6.45, 7) is 0.366. The van der Waals surface area contributed by atoms with Crippen molar-refractivity contribution in [1.29, 1.82) is 0 Å². The molecule has 0 spiro atoms. The summed E-state index contributed by atoms with van der Waals surface area (Å²) < 4.78 is 0. The highest BCUT2D eigenvalue weighted by Gasteiger charge is 2.24. The molecule has 1 atom stereocenters. The molecule has 2 rings (SSSR count). The highest BCUT2D eigenvalue weighted by atomic mass is 35.5. The van der Waals surface area contributed by atoms with Gasteiger partial charge in [-0.15, -0.1) is 0 Å². The summed E-state index contributed by atoms with van der Waals surface area (Å²) in [5.41, 5.74) is 1.07. The quantitative estimate of drug-likeness (QED) is 0.646. The second kappa shape index (κ2) is 4.53. The molecule has 84 valence electrons. The molecule has 0 saturated carbocycles. The van der Waals surface area contributed by atoms with E-state index < -0.39 is 12.0 Å². The van der Waals surface area contributed by atoms with E-state index in [1.54, 1.807) is 0 Å². The lowest BCUT2D eigenvalue weighted by molar-refractivity contribution is -0.451. The Morgan fingerprint density at radius 3 is 2.75 bits per heavy atom. The van der Waals surface area contributed by atoms with E-state index >= 15 is 0 Å².